The summed E-state index contributed by atoms with van der Waals surface area (Å²) in [7, 11) is -4.33. The molecule has 1 aliphatic heterocycles. The van der Waals surface area contributed by atoms with Gasteiger partial charge >= 0.3 is 7.82 Å². The number of rotatable bonds is 8. The second-order valence-electron chi connectivity index (χ2n) is 5.51. The molecule has 0 saturated carbocycles. The van der Waals surface area contributed by atoms with Gasteiger partial charge in [0.15, 0.2) is 0 Å². The Kier molecular flexibility index (Phi) is 7.41. The van der Waals surface area contributed by atoms with Crippen molar-refractivity contribution < 1.29 is 18.9 Å². The van der Waals surface area contributed by atoms with Gasteiger partial charge < -0.3 is 14.7 Å². The van der Waals surface area contributed by atoms with Gasteiger partial charge in [0.25, 0.3) is 0 Å². The highest BCUT2D eigenvalue weighted by molar-refractivity contribution is 7.99. The molecule has 1 fully saturated rings. The third-order valence-electron chi connectivity index (χ3n) is 3.70. The fourth-order valence-electron chi connectivity index (χ4n) is 2.58. The number of likely N-dealkylation sites (tertiary alicyclic amines) is 1. The Morgan fingerprint density at radius 3 is 2.50 bits per heavy atom. The van der Waals surface area contributed by atoms with Gasteiger partial charge in [0.05, 0.1) is 6.10 Å². The van der Waals surface area contributed by atoms with E-state index in [9.17, 15) is 4.57 Å². The van der Waals surface area contributed by atoms with E-state index in [2.05, 4.69) is 29.2 Å². The van der Waals surface area contributed by atoms with Crippen LogP contribution in [0.3, 0.4) is 0 Å². The summed E-state index contributed by atoms with van der Waals surface area (Å²) in [5.74, 6) is 1.13. The van der Waals surface area contributed by atoms with Gasteiger partial charge in [0.2, 0.25) is 0 Å². The van der Waals surface area contributed by atoms with Gasteiger partial charge in [-0.05, 0) is 50.1 Å². The van der Waals surface area contributed by atoms with E-state index in [1.54, 1.807) is 0 Å². The quantitative estimate of drug-likeness (QED) is 0.429. The SMILES string of the molecule is O=P(O)(O)OC1CCN(CCCCSc2ccccc2)CC1. The molecular weight excluding hydrogens is 321 g/mol. The van der Waals surface area contributed by atoms with Gasteiger partial charge in [-0.25, -0.2) is 4.57 Å². The van der Waals surface area contributed by atoms with Crippen LogP contribution >= 0.6 is 19.6 Å². The molecule has 7 heteroatoms. The molecular formula is C15H24NO4PS. The van der Waals surface area contributed by atoms with E-state index in [1.807, 2.05) is 17.8 Å². The Morgan fingerprint density at radius 1 is 1.18 bits per heavy atom. The monoisotopic (exact) mass is 345 g/mol. The largest absolute Gasteiger partial charge is 0.469 e. The first-order valence-electron chi connectivity index (χ1n) is 7.67. The number of piperidine rings is 1. The lowest BCUT2D eigenvalue weighted by atomic mass is 10.1. The summed E-state index contributed by atoms with van der Waals surface area (Å²) in [4.78, 5) is 21.3. The van der Waals surface area contributed by atoms with E-state index in [-0.39, 0.29) is 6.10 Å². The summed E-state index contributed by atoms with van der Waals surface area (Å²) < 4.78 is 15.6. The number of hydrogen-bond acceptors (Lipinski definition) is 4. The summed E-state index contributed by atoms with van der Waals surface area (Å²) in [5, 5.41) is 0. The zero-order valence-electron chi connectivity index (χ0n) is 12.6. The minimum Gasteiger partial charge on any atom is -0.303 e. The van der Waals surface area contributed by atoms with Crippen molar-refractivity contribution in [2.45, 2.75) is 36.7 Å². The number of nitrogens with zero attached hydrogens (tertiary/aromatic N) is 1. The molecule has 0 aromatic heterocycles. The Labute approximate surface area is 136 Å². The smallest absolute Gasteiger partial charge is 0.303 e. The molecule has 124 valence electrons. The van der Waals surface area contributed by atoms with Crippen molar-refractivity contribution in [1.82, 2.24) is 4.90 Å². The normalized spacial score (nSPS) is 17.7. The Balaban J connectivity index is 1.53. The lowest BCUT2D eigenvalue weighted by Crippen LogP contribution is -2.37. The second-order valence-corrected chi connectivity index (χ2v) is 7.87. The number of benzene rings is 1. The molecule has 1 aromatic carbocycles. The van der Waals surface area contributed by atoms with Gasteiger partial charge in [-0.1, -0.05) is 18.2 Å². The molecule has 0 atom stereocenters. The summed E-state index contributed by atoms with van der Waals surface area (Å²) >= 11 is 1.89. The standard InChI is InChI=1S/C15H24NO4PS/c17-21(18,19)20-14-8-11-16(12-9-14)10-4-5-13-22-15-6-2-1-3-7-15/h1-3,6-7,14H,4-5,8-13H2,(H2,17,18,19). The molecule has 0 spiro atoms. The molecule has 2 N–H and O–H groups in total. The molecule has 0 bridgehead atoms. The Bertz CT molecular complexity index is 474. The molecule has 1 saturated heterocycles. The van der Waals surface area contributed by atoms with Crippen LogP contribution in [0.1, 0.15) is 25.7 Å². The summed E-state index contributed by atoms with van der Waals surface area (Å²) in [5.41, 5.74) is 0. The molecule has 0 unspecified atom stereocenters. The summed E-state index contributed by atoms with van der Waals surface area (Å²) in [6, 6.07) is 10.4. The van der Waals surface area contributed by atoms with Crippen molar-refractivity contribution in [2.24, 2.45) is 0 Å². The van der Waals surface area contributed by atoms with Crippen LogP contribution in [0.15, 0.2) is 35.2 Å². The predicted molar refractivity (Wildman–Crippen MR) is 89.0 cm³/mol. The van der Waals surface area contributed by atoms with Gasteiger partial charge in [0.1, 0.15) is 0 Å². The van der Waals surface area contributed by atoms with Crippen LogP contribution in [0.4, 0.5) is 0 Å². The molecule has 1 aliphatic rings. The number of phosphoric acid groups is 1. The fourth-order valence-corrected chi connectivity index (χ4v) is 4.11. The average molecular weight is 345 g/mol. The zero-order chi connectivity index (χ0) is 15.8. The molecule has 0 radical (unpaired) electrons. The van der Waals surface area contributed by atoms with Crippen LogP contribution in [0.25, 0.3) is 0 Å². The van der Waals surface area contributed by atoms with Crippen molar-refractivity contribution in [2.75, 3.05) is 25.4 Å². The number of thioether (sulfide) groups is 1. The van der Waals surface area contributed by atoms with Crippen LogP contribution in [0.2, 0.25) is 0 Å². The first-order valence-corrected chi connectivity index (χ1v) is 10.2. The topological polar surface area (TPSA) is 70.0 Å². The summed E-state index contributed by atoms with van der Waals surface area (Å²) in [6.07, 6.45) is 3.43. The number of hydrogen-bond donors (Lipinski definition) is 2. The minimum absolute atomic E-state index is 0.300. The van der Waals surface area contributed by atoms with Gasteiger partial charge in [-0.3, -0.25) is 4.52 Å². The maximum Gasteiger partial charge on any atom is 0.469 e. The molecule has 22 heavy (non-hydrogen) atoms. The average Bonchev–Trinajstić information content (AvgIpc) is 2.48. The molecule has 1 aromatic rings. The van der Waals surface area contributed by atoms with Crippen molar-refractivity contribution >= 4 is 19.6 Å². The van der Waals surface area contributed by atoms with Gasteiger partial charge in [-0.15, -0.1) is 11.8 Å². The highest BCUT2D eigenvalue weighted by Gasteiger charge is 2.26. The molecule has 5 nitrogen and oxygen atoms in total. The highest BCUT2D eigenvalue weighted by Crippen LogP contribution is 2.39. The molecule has 2 rings (SSSR count). The lowest BCUT2D eigenvalue weighted by molar-refractivity contribution is 0.0709. The van der Waals surface area contributed by atoms with Crippen LogP contribution in [-0.4, -0.2) is 46.2 Å². The predicted octanol–water partition coefficient (Wildman–Crippen LogP) is 3.13. The van der Waals surface area contributed by atoms with E-state index in [1.165, 1.54) is 11.3 Å². The molecule has 1 heterocycles. The van der Waals surface area contributed by atoms with Crippen molar-refractivity contribution in [3.05, 3.63) is 30.3 Å². The van der Waals surface area contributed by atoms with E-state index in [0.29, 0.717) is 12.8 Å². The maximum absolute atomic E-state index is 10.8. The second kappa shape index (κ2) is 9.06. The number of unbranched alkanes of at least 4 members (excludes halogenated alkanes) is 1. The number of phosphoric ester groups is 1. The van der Waals surface area contributed by atoms with E-state index in [4.69, 9.17) is 14.3 Å². The van der Waals surface area contributed by atoms with E-state index >= 15 is 0 Å². The molecule has 0 amide bonds. The lowest BCUT2D eigenvalue weighted by Gasteiger charge is -2.31. The third-order valence-corrected chi connectivity index (χ3v) is 5.37. The zero-order valence-corrected chi connectivity index (χ0v) is 14.3. The van der Waals surface area contributed by atoms with Crippen LogP contribution in [-0.2, 0) is 9.09 Å². The van der Waals surface area contributed by atoms with Crippen molar-refractivity contribution in [1.29, 1.82) is 0 Å². The first-order chi connectivity index (χ1) is 10.5. The van der Waals surface area contributed by atoms with Crippen LogP contribution in [0, 0.1) is 0 Å². The van der Waals surface area contributed by atoms with Gasteiger partial charge in [-0.2, -0.15) is 0 Å². The first kappa shape index (κ1) is 18.0. The minimum atomic E-state index is -4.33. The summed E-state index contributed by atoms with van der Waals surface area (Å²) in [6.45, 7) is 2.77. The van der Waals surface area contributed by atoms with Crippen LogP contribution in [0.5, 0.6) is 0 Å². The van der Waals surface area contributed by atoms with Crippen molar-refractivity contribution in [3.8, 4) is 0 Å². The van der Waals surface area contributed by atoms with Gasteiger partial charge in [0, 0.05) is 18.0 Å². The highest BCUT2D eigenvalue weighted by atomic mass is 32.2. The maximum atomic E-state index is 10.8. The van der Waals surface area contributed by atoms with Crippen LogP contribution < -0.4 is 0 Å². The third kappa shape index (κ3) is 7.27. The Hall–Kier alpha value is -0.360. The fraction of sp³-hybridized carbons (Fsp3) is 0.600. The van der Waals surface area contributed by atoms with Crippen molar-refractivity contribution in [3.63, 3.8) is 0 Å². The van der Waals surface area contributed by atoms with E-state index < -0.39 is 7.82 Å². The molecule has 0 aliphatic carbocycles. The van der Waals surface area contributed by atoms with E-state index in [0.717, 1.165) is 31.8 Å². The Morgan fingerprint density at radius 2 is 1.86 bits per heavy atom.